The average Bonchev–Trinajstić information content (AvgIpc) is 2.17. The van der Waals surface area contributed by atoms with Gasteiger partial charge in [-0.1, -0.05) is 24.9 Å². The maximum atomic E-state index is 12.9. The van der Waals surface area contributed by atoms with Crippen molar-refractivity contribution < 1.29 is 4.39 Å². The summed E-state index contributed by atoms with van der Waals surface area (Å²) in [6.07, 6.45) is 0.880. The van der Waals surface area contributed by atoms with Gasteiger partial charge in [0.15, 0.2) is 0 Å². The summed E-state index contributed by atoms with van der Waals surface area (Å²) in [7, 11) is 0. The van der Waals surface area contributed by atoms with Gasteiger partial charge in [0.25, 0.3) is 0 Å². The summed E-state index contributed by atoms with van der Waals surface area (Å²) < 4.78 is 12.9. The van der Waals surface area contributed by atoms with E-state index in [9.17, 15) is 4.39 Å². The van der Waals surface area contributed by atoms with Crippen LogP contribution in [-0.2, 0) is 0 Å². The Morgan fingerprint density at radius 3 is 2.73 bits per heavy atom. The van der Waals surface area contributed by atoms with E-state index in [0.29, 0.717) is 0 Å². The first-order valence-corrected chi connectivity index (χ1v) is 5.83. The minimum atomic E-state index is -0.419. The van der Waals surface area contributed by atoms with Gasteiger partial charge in [0.1, 0.15) is 0 Å². The summed E-state index contributed by atoms with van der Waals surface area (Å²) in [6, 6.07) is 4.90. The quantitative estimate of drug-likeness (QED) is 0.635. The van der Waals surface area contributed by atoms with Crippen LogP contribution in [0.15, 0.2) is 18.2 Å². The Bertz CT molecular complexity index is 328. The van der Waals surface area contributed by atoms with Gasteiger partial charge >= 0.3 is 0 Å². The third kappa shape index (κ3) is 3.80. The molecule has 15 heavy (non-hydrogen) atoms. The zero-order valence-electron chi connectivity index (χ0n) is 9.33. The van der Waals surface area contributed by atoms with Crippen molar-refractivity contribution in [3.8, 4) is 0 Å². The smallest absolute Gasteiger partial charge is 0.213 e. The van der Waals surface area contributed by atoms with E-state index in [-0.39, 0.29) is 10.7 Å². The molecular formula is C11H17FN2S. The molecule has 1 aromatic rings. The zero-order valence-corrected chi connectivity index (χ0v) is 10.1. The van der Waals surface area contributed by atoms with Gasteiger partial charge in [-0.05, 0) is 38.3 Å². The third-order valence-electron chi connectivity index (χ3n) is 2.36. The molecule has 0 aliphatic rings. The molecule has 0 amide bonds. The molecule has 84 valence electrons. The summed E-state index contributed by atoms with van der Waals surface area (Å²) >= 11 is 1.33. The number of rotatable bonds is 4. The zero-order chi connectivity index (χ0) is 11.5. The summed E-state index contributed by atoms with van der Waals surface area (Å²) in [4.78, 5) is 3.87. The van der Waals surface area contributed by atoms with Crippen molar-refractivity contribution in [2.75, 3.05) is 0 Å². The molecule has 0 spiro atoms. The molecule has 1 heterocycles. The van der Waals surface area contributed by atoms with Crippen LogP contribution in [0.2, 0.25) is 0 Å². The number of pyridine rings is 1. The standard InChI is InChI=1S/C11H17FN2S/c1-8(7-11(2,3)15-13)9-5-4-6-10(12)14-9/h4-6,8H,7,13H2,1-3H3/t8-/m1/s1. The molecule has 0 bridgehead atoms. The van der Waals surface area contributed by atoms with E-state index in [1.54, 1.807) is 6.07 Å². The molecule has 0 unspecified atom stereocenters. The van der Waals surface area contributed by atoms with Crippen molar-refractivity contribution in [3.05, 3.63) is 29.8 Å². The first kappa shape index (κ1) is 12.5. The molecule has 2 nitrogen and oxygen atoms in total. The van der Waals surface area contributed by atoms with E-state index in [0.717, 1.165) is 12.1 Å². The minimum absolute atomic E-state index is 0.00653. The Morgan fingerprint density at radius 2 is 2.20 bits per heavy atom. The van der Waals surface area contributed by atoms with Crippen molar-refractivity contribution >= 4 is 11.9 Å². The van der Waals surface area contributed by atoms with Crippen LogP contribution in [0.25, 0.3) is 0 Å². The van der Waals surface area contributed by atoms with Crippen molar-refractivity contribution in [2.45, 2.75) is 37.9 Å². The normalized spacial score (nSPS) is 13.9. The first-order chi connectivity index (χ1) is 6.94. The second-order valence-electron chi connectivity index (χ2n) is 4.37. The summed E-state index contributed by atoms with van der Waals surface area (Å²) in [5, 5.41) is 5.58. The highest BCUT2D eigenvalue weighted by Crippen LogP contribution is 2.31. The number of nitrogens with two attached hydrogens (primary N) is 1. The largest absolute Gasteiger partial charge is 0.277 e. The number of hydrogen-bond donors (Lipinski definition) is 1. The van der Waals surface area contributed by atoms with E-state index in [1.165, 1.54) is 18.0 Å². The molecule has 0 fully saturated rings. The predicted molar refractivity (Wildman–Crippen MR) is 63.1 cm³/mol. The van der Waals surface area contributed by atoms with Crippen LogP contribution >= 0.6 is 11.9 Å². The fourth-order valence-electron chi connectivity index (χ4n) is 1.59. The van der Waals surface area contributed by atoms with E-state index >= 15 is 0 Å². The lowest BCUT2D eigenvalue weighted by molar-refractivity contribution is 0.530. The van der Waals surface area contributed by atoms with Gasteiger partial charge in [0, 0.05) is 10.4 Å². The van der Waals surface area contributed by atoms with Gasteiger partial charge in [-0.2, -0.15) is 4.39 Å². The second-order valence-corrected chi connectivity index (χ2v) is 5.71. The van der Waals surface area contributed by atoms with Gasteiger partial charge < -0.3 is 0 Å². The van der Waals surface area contributed by atoms with E-state index in [1.807, 2.05) is 13.0 Å². The molecule has 0 aliphatic heterocycles. The number of aromatic nitrogens is 1. The van der Waals surface area contributed by atoms with Crippen LogP contribution in [0.3, 0.4) is 0 Å². The Hall–Kier alpha value is -0.610. The number of nitrogens with zero attached hydrogens (tertiary/aromatic N) is 1. The Labute approximate surface area is 94.6 Å². The summed E-state index contributed by atoms with van der Waals surface area (Å²) in [6.45, 7) is 6.20. The topological polar surface area (TPSA) is 38.9 Å². The van der Waals surface area contributed by atoms with Gasteiger partial charge in [-0.15, -0.1) is 0 Å². The third-order valence-corrected chi connectivity index (χ3v) is 3.16. The minimum Gasteiger partial charge on any atom is -0.277 e. The lowest BCUT2D eigenvalue weighted by Gasteiger charge is -2.24. The Morgan fingerprint density at radius 1 is 1.53 bits per heavy atom. The molecule has 1 aromatic heterocycles. The average molecular weight is 228 g/mol. The second kappa shape index (κ2) is 4.94. The molecule has 0 saturated heterocycles. The van der Waals surface area contributed by atoms with Crippen molar-refractivity contribution in [1.82, 2.24) is 4.98 Å². The van der Waals surface area contributed by atoms with E-state index < -0.39 is 5.95 Å². The monoisotopic (exact) mass is 228 g/mol. The van der Waals surface area contributed by atoms with Crippen LogP contribution < -0.4 is 5.14 Å². The summed E-state index contributed by atoms with van der Waals surface area (Å²) in [5.74, 6) is -0.204. The summed E-state index contributed by atoms with van der Waals surface area (Å²) in [5.41, 5.74) is 0.789. The molecule has 1 rings (SSSR count). The van der Waals surface area contributed by atoms with Gasteiger partial charge in [0.05, 0.1) is 0 Å². The number of hydrogen-bond acceptors (Lipinski definition) is 3. The van der Waals surface area contributed by atoms with Crippen LogP contribution in [-0.4, -0.2) is 9.73 Å². The van der Waals surface area contributed by atoms with Gasteiger partial charge in [-0.3, -0.25) is 5.14 Å². The first-order valence-electron chi connectivity index (χ1n) is 4.95. The Balaban J connectivity index is 2.73. The van der Waals surface area contributed by atoms with Crippen LogP contribution in [0, 0.1) is 5.95 Å². The van der Waals surface area contributed by atoms with Crippen molar-refractivity contribution in [3.63, 3.8) is 0 Å². The van der Waals surface area contributed by atoms with Crippen LogP contribution in [0.1, 0.15) is 38.8 Å². The highest BCUT2D eigenvalue weighted by molar-refractivity contribution is 7.98. The Kier molecular flexibility index (Phi) is 4.11. The fraction of sp³-hybridized carbons (Fsp3) is 0.545. The SMILES string of the molecule is C[C@H](CC(C)(C)SN)c1cccc(F)n1. The lowest BCUT2D eigenvalue weighted by Crippen LogP contribution is -2.20. The molecule has 1 atom stereocenters. The predicted octanol–water partition coefficient (Wildman–Crippen LogP) is 3.10. The van der Waals surface area contributed by atoms with Crippen LogP contribution in [0.5, 0.6) is 0 Å². The molecule has 0 saturated carbocycles. The molecule has 0 radical (unpaired) electrons. The molecule has 0 aliphatic carbocycles. The molecule has 0 aromatic carbocycles. The molecule has 2 N–H and O–H groups in total. The van der Waals surface area contributed by atoms with E-state index in [4.69, 9.17) is 5.14 Å². The van der Waals surface area contributed by atoms with E-state index in [2.05, 4.69) is 18.8 Å². The maximum Gasteiger partial charge on any atom is 0.213 e. The molecular weight excluding hydrogens is 211 g/mol. The van der Waals surface area contributed by atoms with Crippen molar-refractivity contribution in [2.24, 2.45) is 5.14 Å². The number of halogens is 1. The van der Waals surface area contributed by atoms with Gasteiger partial charge in [0.2, 0.25) is 5.95 Å². The van der Waals surface area contributed by atoms with Crippen LogP contribution in [0.4, 0.5) is 4.39 Å². The highest BCUT2D eigenvalue weighted by atomic mass is 32.2. The highest BCUT2D eigenvalue weighted by Gasteiger charge is 2.22. The fourth-order valence-corrected chi connectivity index (χ4v) is 1.93. The van der Waals surface area contributed by atoms with Crippen molar-refractivity contribution in [1.29, 1.82) is 0 Å². The van der Waals surface area contributed by atoms with Gasteiger partial charge in [-0.25, -0.2) is 4.98 Å². The molecule has 4 heteroatoms. The maximum absolute atomic E-state index is 12.9. The lowest BCUT2D eigenvalue weighted by atomic mass is 9.95.